The van der Waals surface area contributed by atoms with Crippen LogP contribution in [-0.2, 0) is 0 Å². The summed E-state index contributed by atoms with van der Waals surface area (Å²) in [6, 6.07) is 0. The van der Waals surface area contributed by atoms with Gasteiger partial charge in [-0.05, 0) is 20.8 Å². The van der Waals surface area contributed by atoms with Gasteiger partial charge in [-0.25, -0.2) is 0 Å². The summed E-state index contributed by atoms with van der Waals surface area (Å²) in [6.07, 6.45) is 0. The third kappa shape index (κ3) is 1770. The molecular formula is C8H26N2O3. The lowest BCUT2D eigenvalue weighted by Crippen LogP contribution is -2.11. The second kappa shape index (κ2) is 59.7. The fourth-order valence-corrected chi connectivity index (χ4v) is 0. The molecule has 0 saturated heterocycles. The standard InChI is InChI=1S/C2H8N2.3C2H6O/c3-1-2-4;3*1-2-3/h1-4H2;3*3H,2H2,1H3. The first-order valence-electron chi connectivity index (χ1n) is 4.39. The molecule has 0 spiro atoms. The van der Waals surface area contributed by atoms with E-state index in [1.807, 2.05) is 0 Å². The largest absolute Gasteiger partial charge is 0.397 e. The Morgan fingerprint density at radius 2 is 0.769 bits per heavy atom. The van der Waals surface area contributed by atoms with Crippen molar-refractivity contribution in [2.24, 2.45) is 11.5 Å². The second-order valence-corrected chi connectivity index (χ2v) is 1.53. The topological polar surface area (TPSA) is 113 Å². The van der Waals surface area contributed by atoms with Crippen molar-refractivity contribution in [2.45, 2.75) is 20.8 Å². The van der Waals surface area contributed by atoms with E-state index in [1.165, 1.54) is 0 Å². The number of hydrogen-bond donors (Lipinski definition) is 5. The van der Waals surface area contributed by atoms with Crippen molar-refractivity contribution in [3.05, 3.63) is 0 Å². The lowest BCUT2D eigenvalue weighted by molar-refractivity contribution is 0.318. The van der Waals surface area contributed by atoms with Crippen LogP contribution in [0, 0.1) is 0 Å². The second-order valence-electron chi connectivity index (χ2n) is 1.53. The smallest absolute Gasteiger partial charge is 0.0402 e. The van der Waals surface area contributed by atoms with Crippen LogP contribution in [0.15, 0.2) is 0 Å². The molecule has 5 heteroatoms. The number of nitrogens with two attached hydrogens (primary N) is 2. The maximum atomic E-state index is 7.57. The van der Waals surface area contributed by atoms with E-state index in [-0.39, 0.29) is 19.8 Å². The van der Waals surface area contributed by atoms with E-state index >= 15 is 0 Å². The van der Waals surface area contributed by atoms with E-state index < -0.39 is 0 Å². The monoisotopic (exact) mass is 198 g/mol. The SMILES string of the molecule is CCO.CCO.CCO.NCCN. The minimum Gasteiger partial charge on any atom is -0.397 e. The van der Waals surface area contributed by atoms with Crippen LogP contribution in [0.4, 0.5) is 0 Å². The molecule has 0 aromatic rings. The Morgan fingerprint density at radius 1 is 0.692 bits per heavy atom. The zero-order valence-electron chi connectivity index (χ0n) is 9.03. The van der Waals surface area contributed by atoms with Crippen molar-refractivity contribution in [2.75, 3.05) is 32.9 Å². The van der Waals surface area contributed by atoms with Gasteiger partial charge in [-0.15, -0.1) is 0 Å². The molecule has 5 nitrogen and oxygen atoms in total. The van der Waals surface area contributed by atoms with Crippen molar-refractivity contribution in [1.29, 1.82) is 0 Å². The summed E-state index contributed by atoms with van der Waals surface area (Å²) in [5, 5.41) is 22.7. The van der Waals surface area contributed by atoms with E-state index in [1.54, 1.807) is 20.8 Å². The highest BCUT2D eigenvalue weighted by Gasteiger charge is 1.54. The summed E-state index contributed by atoms with van der Waals surface area (Å²) in [6.45, 7) is 6.99. The first-order valence-corrected chi connectivity index (χ1v) is 4.39. The van der Waals surface area contributed by atoms with Gasteiger partial charge in [0.25, 0.3) is 0 Å². The molecule has 0 saturated carbocycles. The highest BCUT2D eigenvalue weighted by atomic mass is 16.3. The summed E-state index contributed by atoms with van der Waals surface area (Å²) in [7, 11) is 0. The quantitative estimate of drug-likeness (QED) is 0.367. The molecule has 0 fully saturated rings. The van der Waals surface area contributed by atoms with Crippen molar-refractivity contribution < 1.29 is 15.3 Å². The zero-order chi connectivity index (χ0) is 11.5. The van der Waals surface area contributed by atoms with Crippen LogP contribution in [0.5, 0.6) is 0 Å². The van der Waals surface area contributed by atoms with Crippen LogP contribution < -0.4 is 11.5 Å². The Bertz CT molecular complexity index is 33.8. The molecule has 0 radical (unpaired) electrons. The van der Waals surface area contributed by atoms with Gasteiger partial charge in [0.05, 0.1) is 0 Å². The van der Waals surface area contributed by atoms with Gasteiger partial charge in [0, 0.05) is 32.9 Å². The van der Waals surface area contributed by atoms with Crippen molar-refractivity contribution in [3.63, 3.8) is 0 Å². The average Bonchev–Trinajstić information content (AvgIpc) is 2.08. The summed E-state index contributed by atoms with van der Waals surface area (Å²) in [5.41, 5.74) is 9.81. The Morgan fingerprint density at radius 3 is 0.769 bits per heavy atom. The normalized spacial score (nSPS) is 6.46. The molecule has 0 aliphatic carbocycles. The van der Waals surface area contributed by atoms with Crippen LogP contribution in [0.3, 0.4) is 0 Å². The Labute approximate surface area is 81.4 Å². The first-order chi connectivity index (χ1) is 6.16. The van der Waals surface area contributed by atoms with Crippen LogP contribution in [-0.4, -0.2) is 48.2 Å². The third-order valence-electron chi connectivity index (χ3n) is 0.167. The Balaban J connectivity index is -0.0000000420. The molecule has 0 atom stereocenters. The Hall–Kier alpha value is -0.200. The van der Waals surface area contributed by atoms with Gasteiger partial charge in [0.1, 0.15) is 0 Å². The maximum Gasteiger partial charge on any atom is 0.0402 e. The molecule has 0 amide bonds. The van der Waals surface area contributed by atoms with Crippen molar-refractivity contribution >= 4 is 0 Å². The average molecular weight is 198 g/mol. The Kier molecular flexibility index (Phi) is 106. The van der Waals surface area contributed by atoms with Gasteiger partial charge in [-0.1, -0.05) is 0 Å². The van der Waals surface area contributed by atoms with Gasteiger partial charge >= 0.3 is 0 Å². The fourth-order valence-electron chi connectivity index (χ4n) is 0. The fraction of sp³-hybridized carbons (Fsp3) is 1.00. The molecule has 7 N–H and O–H groups in total. The van der Waals surface area contributed by atoms with E-state index in [9.17, 15) is 0 Å². The van der Waals surface area contributed by atoms with Gasteiger partial charge in [-0.2, -0.15) is 0 Å². The molecule has 13 heavy (non-hydrogen) atoms. The predicted octanol–water partition coefficient (Wildman–Crippen LogP) is -1.10. The molecular weight excluding hydrogens is 172 g/mol. The zero-order valence-corrected chi connectivity index (χ0v) is 9.03. The van der Waals surface area contributed by atoms with Crippen molar-refractivity contribution in [1.82, 2.24) is 0 Å². The lowest BCUT2D eigenvalue weighted by Gasteiger charge is -1.72. The van der Waals surface area contributed by atoms with Crippen LogP contribution in [0.1, 0.15) is 20.8 Å². The number of aliphatic hydroxyl groups excluding tert-OH is 3. The molecule has 0 aromatic heterocycles. The number of rotatable bonds is 1. The van der Waals surface area contributed by atoms with Crippen molar-refractivity contribution in [3.8, 4) is 0 Å². The van der Waals surface area contributed by atoms with E-state index in [0.29, 0.717) is 13.1 Å². The third-order valence-corrected chi connectivity index (χ3v) is 0.167. The molecule has 0 heterocycles. The number of aliphatic hydroxyl groups is 3. The van der Waals surface area contributed by atoms with Gasteiger partial charge in [0.15, 0.2) is 0 Å². The van der Waals surface area contributed by atoms with Crippen LogP contribution >= 0.6 is 0 Å². The van der Waals surface area contributed by atoms with Gasteiger partial charge in [-0.3, -0.25) is 0 Å². The van der Waals surface area contributed by atoms with Crippen LogP contribution in [0.2, 0.25) is 0 Å². The minimum absolute atomic E-state index is 0.250. The highest BCUT2D eigenvalue weighted by molar-refractivity contribution is 4.26. The summed E-state index contributed by atoms with van der Waals surface area (Å²) >= 11 is 0. The van der Waals surface area contributed by atoms with Gasteiger partial charge < -0.3 is 26.8 Å². The van der Waals surface area contributed by atoms with E-state index in [0.717, 1.165) is 0 Å². The van der Waals surface area contributed by atoms with Gasteiger partial charge in [0.2, 0.25) is 0 Å². The summed E-state index contributed by atoms with van der Waals surface area (Å²) in [4.78, 5) is 0. The molecule has 0 aromatic carbocycles. The molecule has 0 aliphatic rings. The number of hydrogen-bond acceptors (Lipinski definition) is 5. The summed E-state index contributed by atoms with van der Waals surface area (Å²) in [5.74, 6) is 0. The first kappa shape index (κ1) is 23.0. The predicted molar refractivity (Wildman–Crippen MR) is 56.4 cm³/mol. The molecule has 0 aliphatic heterocycles. The molecule has 0 unspecified atom stereocenters. The maximum absolute atomic E-state index is 7.57. The lowest BCUT2D eigenvalue weighted by atomic mass is 10.7. The minimum atomic E-state index is 0.250. The molecule has 0 bridgehead atoms. The highest BCUT2D eigenvalue weighted by Crippen LogP contribution is 1.30. The molecule has 0 rings (SSSR count). The van der Waals surface area contributed by atoms with E-state index in [4.69, 9.17) is 26.8 Å². The summed E-state index contributed by atoms with van der Waals surface area (Å²) < 4.78 is 0. The molecule has 86 valence electrons. The van der Waals surface area contributed by atoms with E-state index in [2.05, 4.69) is 0 Å². The van der Waals surface area contributed by atoms with Crippen LogP contribution in [0.25, 0.3) is 0 Å².